The van der Waals surface area contributed by atoms with E-state index in [1.165, 1.54) is 12.1 Å². The van der Waals surface area contributed by atoms with E-state index in [9.17, 15) is 9.50 Å². The molecule has 2 nitrogen and oxygen atoms in total. The van der Waals surface area contributed by atoms with E-state index in [4.69, 9.17) is 11.6 Å². The van der Waals surface area contributed by atoms with Crippen molar-refractivity contribution >= 4 is 11.6 Å². The van der Waals surface area contributed by atoms with Gasteiger partial charge in [0.2, 0.25) is 0 Å². The molecule has 0 aromatic heterocycles. The van der Waals surface area contributed by atoms with Gasteiger partial charge in [-0.3, -0.25) is 0 Å². The summed E-state index contributed by atoms with van der Waals surface area (Å²) >= 11 is 5.66. The molecule has 0 aliphatic carbocycles. The van der Waals surface area contributed by atoms with Crippen molar-refractivity contribution in [3.8, 4) is 0 Å². The molecule has 0 saturated heterocycles. The second kappa shape index (κ2) is 6.84. The van der Waals surface area contributed by atoms with Gasteiger partial charge in [0.1, 0.15) is 5.82 Å². The molecule has 0 saturated carbocycles. The fourth-order valence-corrected chi connectivity index (χ4v) is 2.10. The minimum absolute atomic E-state index is 0.0693. The fourth-order valence-electron chi connectivity index (χ4n) is 1.98. The summed E-state index contributed by atoms with van der Waals surface area (Å²) in [5.41, 5.74) is 1.65. The van der Waals surface area contributed by atoms with Gasteiger partial charge >= 0.3 is 0 Å². The van der Waals surface area contributed by atoms with Crippen molar-refractivity contribution < 1.29 is 9.50 Å². The van der Waals surface area contributed by atoms with E-state index < -0.39 is 11.9 Å². The highest BCUT2D eigenvalue weighted by atomic mass is 35.5. The van der Waals surface area contributed by atoms with Gasteiger partial charge < -0.3 is 10.4 Å². The lowest BCUT2D eigenvalue weighted by Gasteiger charge is -2.18. The lowest BCUT2D eigenvalue weighted by Crippen LogP contribution is -2.24. The molecule has 2 atom stereocenters. The van der Waals surface area contributed by atoms with Crippen LogP contribution in [-0.2, 0) is 0 Å². The monoisotopic (exact) mass is 293 g/mol. The maximum atomic E-state index is 13.4. The van der Waals surface area contributed by atoms with Crippen LogP contribution in [0.15, 0.2) is 48.5 Å². The van der Waals surface area contributed by atoms with Crippen LogP contribution >= 0.6 is 11.6 Å². The van der Waals surface area contributed by atoms with Crippen LogP contribution < -0.4 is 5.32 Å². The van der Waals surface area contributed by atoms with Crippen molar-refractivity contribution in [1.82, 2.24) is 5.32 Å². The van der Waals surface area contributed by atoms with Crippen molar-refractivity contribution in [1.29, 1.82) is 0 Å². The lowest BCUT2D eigenvalue weighted by atomic mass is 10.1. The average Bonchev–Trinajstić information content (AvgIpc) is 2.48. The van der Waals surface area contributed by atoms with Crippen LogP contribution in [-0.4, -0.2) is 11.7 Å². The van der Waals surface area contributed by atoms with Crippen LogP contribution in [0.25, 0.3) is 0 Å². The summed E-state index contributed by atoms with van der Waals surface area (Å²) in [4.78, 5) is 0. The van der Waals surface area contributed by atoms with Crippen LogP contribution in [0.2, 0.25) is 5.02 Å². The van der Waals surface area contributed by atoms with E-state index in [-0.39, 0.29) is 11.1 Å². The summed E-state index contributed by atoms with van der Waals surface area (Å²) in [6.07, 6.45) is -0.587. The van der Waals surface area contributed by atoms with E-state index in [1.807, 2.05) is 37.3 Å². The molecule has 2 rings (SSSR count). The standard InChI is InChI=1S/C16H17ClFNO/c1-11(13-7-8-14(17)15(18)9-13)19-10-16(20)12-5-3-2-4-6-12/h2-9,11,16,19-20H,10H2,1H3. The van der Waals surface area contributed by atoms with Gasteiger partial charge in [0, 0.05) is 12.6 Å². The number of nitrogens with one attached hydrogen (secondary N) is 1. The molecule has 0 spiro atoms. The molecule has 4 heteroatoms. The maximum Gasteiger partial charge on any atom is 0.142 e. The number of hydrogen-bond acceptors (Lipinski definition) is 2. The summed E-state index contributed by atoms with van der Waals surface area (Å²) < 4.78 is 13.4. The normalized spacial score (nSPS) is 14.0. The van der Waals surface area contributed by atoms with Gasteiger partial charge in [-0.1, -0.05) is 48.0 Å². The first-order valence-electron chi connectivity index (χ1n) is 6.49. The maximum absolute atomic E-state index is 13.4. The van der Waals surface area contributed by atoms with Crippen LogP contribution in [0.1, 0.15) is 30.2 Å². The number of benzene rings is 2. The number of aliphatic hydroxyl groups is 1. The van der Waals surface area contributed by atoms with Gasteiger partial charge in [-0.25, -0.2) is 4.39 Å². The van der Waals surface area contributed by atoms with Crippen LogP contribution in [0.3, 0.4) is 0 Å². The van der Waals surface area contributed by atoms with Gasteiger partial charge in [-0.15, -0.1) is 0 Å². The molecule has 0 aliphatic rings. The SMILES string of the molecule is CC(NCC(O)c1ccccc1)c1ccc(Cl)c(F)c1. The third-order valence-corrected chi connectivity index (χ3v) is 3.55. The molecule has 0 bridgehead atoms. The number of rotatable bonds is 5. The molecule has 20 heavy (non-hydrogen) atoms. The predicted molar refractivity (Wildman–Crippen MR) is 79.2 cm³/mol. The number of aliphatic hydroxyl groups excluding tert-OH is 1. The Labute approximate surface area is 123 Å². The molecule has 106 valence electrons. The van der Waals surface area contributed by atoms with Gasteiger partial charge in [0.25, 0.3) is 0 Å². The number of halogens is 2. The van der Waals surface area contributed by atoms with E-state index in [0.29, 0.717) is 6.54 Å². The largest absolute Gasteiger partial charge is 0.387 e. The predicted octanol–water partition coefficient (Wildman–Crippen LogP) is 3.86. The van der Waals surface area contributed by atoms with Gasteiger partial charge in [-0.2, -0.15) is 0 Å². The smallest absolute Gasteiger partial charge is 0.142 e. The molecule has 0 aliphatic heterocycles. The molecular formula is C16H17ClFNO. The molecule has 0 amide bonds. The highest BCUT2D eigenvalue weighted by molar-refractivity contribution is 6.30. The Morgan fingerprint density at radius 2 is 1.85 bits per heavy atom. The van der Waals surface area contributed by atoms with Crippen molar-refractivity contribution in [3.05, 3.63) is 70.5 Å². The molecule has 0 fully saturated rings. The van der Waals surface area contributed by atoms with Gasteiger partial charge in [0.15, 0.2) is 0 Å². The molecule has 2 aromatic carbocycles. The average molecular weight is 294 g/mol. The quantitative estimate of drug-likeness (QED) is 0.877. The molecule has 0 radical (unpaired) electrons. The Morgan fingerprint density at radius 1 is 1.15 bits per heavy atom. The Balaban J connectivity index is 1.95. The van der Waals surface area contributed by atoms with Crippen molar-refractivity contribution in [2.75, 3.05) is 6.54 Å². The van der Waals surface area contributed by atoms with Crippen molar-refractivity contribution in [2.24, 2.45) is 0 Å². The molecule has 2 unspecified atom stereocenters. The second-order valence-corrected chi connectivity index (χ2v) is 5.14. The third kappa shape index (κ3) is 3.79. The lowest BCUT2D eigenvalue weighted by molar-refractivity contribution is 0.171. The second-order valence-electron chi connectivity index (χ2n) is 4.73. The van der Waals surface area contributed by atoms with E-state index in [1.54, 1.807) is 6.07 Å². The minimum Gasteiger partial charge on any atom is -0.387 e. The van der Waals surface area contributed by atoms with Crippen LogP contribution in [0.5, 0.6) is 0 Å². The van der Waals surface area contributed by atoms with Gasteiger partial charge in [0.05, 0.1) is 11.1 Å². The van der Waals surface area contributed by atoms with Crippen molar-refractivity contribution in [3.63, 3.8) is 0 Å². The Hall–Kier alpha value is -1.42. The Kier molecular flexibility index (Phi) is 5.12. The highest BCUT2D eigenvalue weighted by Crippen LogP contribution is 2.20. The molecule has 0 heterocycles. The molecule has 2 aromatic rings. The summed E-state index contributed by atoms with van der Waals surface area (Å²) in [5, 5.41) is 13.4. The zero-order valence-corrected chi connectivity index (χ0v) is 11.9. The van der Waals surface area contributed by atoms with Crippen molar-refractivity contribution in [2.45, 2.75) is 19.1 Å². The van der Waals surface area contributed by atoms with E-state index in [2.05, 4.69) is 5.32 Å². The summed E-state index contributed by atoms with van der Waals surface area (Å²) in [5.74, 6) is -0.429. The van der Waals surface area contributed by atoms with E-state index >= 15 is 0 Å². The zero-order chi connectivity index (χ0) is 14.5. The third-order valence-electron chi connectivity index (χ3n) is 3.25. The highest BCUT2D eigenvalue weighted by Gasteiger charge is 2.11. The van der Waals surface area contributed by atoms with E-state index in [0.717, 1.165) is 11.1 Å². The topological polar surface area (TPSA) is 32.3 Å². The molecular weight excluding hydrogens is 277 g/mol. The zero-order valence-electron chi connectivity index (χ0n) is 11.2. The fraction of sp³-hybridized carbons (Fsp3) is 0.250. The Morgan fingerprint density at radius 3 is 2.50 bits per heavy atom. The minimum atomic E-state index is -0.587. The first kappa shape index (κ1) is 15.0. The first-order valence-corrected chi connectivity index (χ1v) is 6.87. The van der Waals surface area contributed by atoms with Crippen LogP contribution in [0, 0.1) is 5.82 Å². The number of hydrogen-bond donors (Lipinski definition) is 2. The Bertz CT molecular complexity index is 562. The van der Waals surface area contributed by atoms with Crippen LogP contribution in [0.4, 0.5) is 4.39 Å². The summed E-state index contributed by atoms with van der Waals surface area (Å²) in [6.45, 7) is 2.32. The summed E-state index contributed by atoms with van der Waals surface area (Å²) in [7, 11) is 0. The first-order chi connectivity index (χ1) is 9.58. The summed E-state index contributed by atoms with van der Waals surface area (Å²) in [6, 6.07) is 14.1. The van der Waals surface area contributed by atoms with Gasteiger partial charge in [-0.05, 0) is 30.2 Å². The molecule has 2 N–H and O–H groups in total.